The van der Waals surface area contributed by atoms with Crippen LogP contribution >= 0.6 is 12.4 Å². The summed E-state index contributed by atoms with van der Waals surface area (Å²) in [7, 11) is 0. The van der Waals surface area contributed by atoms with Gasteiger partial charge >= 0.3 is 0 Å². The van der Waals surface area contributed by atoms with E-state index in [2.05, 4.69) is 0 Å². The molecule has 0 amide bonds. The van der Waals surface area contributed by atoms with E-state index in [1.807, 2.05) is 13.8 Å². The first-order valence-corrected chi connectivity index (χ1v) is 1.00. The van der Waals surface area contributed by atoms with Crippen LogP contribution < -0.4 is 0 Å². The van der Waals surface area contributed by atoms with Gasteiger partial charge in [0.05, 0.1) is 0 Å². The number of halogens is 6. The van der Waals surface area contributed by atoms with Crippen LogP contribution in [0.25, 0.3) is 0 Å². The fraction of sp³-hybridized carbons (Fsp3) is 1.00. The SMILES string of the molecule is CC.Cl.F.F.F.F.F. The molecule has 0 unspecified atom stereocenters. The third-order valence-corrected chi connectivity index (χ3v) is 0. The van der Waals surface area contributed by atoms with E-state index in [-0.39, 0.29) is 35.9 Å². The molecule has 0 aromatic carbocycles. The summed E-state index contributed by atoms with van der Waals surface area (Å²) in [6.45, 7) is 4.00. The molecule has 8 heavy (non-hydrogen) atoms. The highest BCUT2D eigenvalue weighted by molar-refractivity contribution is 5.85. The minimum atomic E-state index is 0. The van der Waals surface area contributed by atoms with E-state index in [0.717, 1.165) is 0 Å². The highest BCUT2D eigenvalue weighted by Crippen LogP contribution is 1.14. The molecule has 0 heterocycles. The van der Waals surface area contributed by atoms with Crippen molar-refractivity contribution in [3.8, 4) is 0 Å². The lowest BCUT2D eigenvalue weighted by atomic mass is 11.0. The lowest BCUT2D eigenvalue weighted by molar-refractivity contribution is 1.11. The van der Waals surface area contributed by atoms with Crippen LogP contribution in [0.15, 0.2) is 0 Å². The minimum Gasteiger partial charge on any atom is -0.269 e. The molecule has 62 valence electrons. The quantitative estimate of drug-likeness (QED) is 0.484. The van der Waals surface area contributed by atoms with E-state index in [4.69, 9.17) is 0 Å². The van der Waals surface area contributed by atoms with Crippen LogP contribution in [0.3, 0.4) is 0 Å². The predicted octanol–water partition coefficient (Wildman–Crippen LogP) is 2.21. The van der Waals surface area contributed by atoms with Gasteiger partial charge in [0.15, 0.2) is 0 Å². The fourth-order valence-corrected chi connectivity index (χ4v) is 0. The monoisotopic (exact) mass is 166 g/mol. The summed E-state index contributed by atoms with van der Waals surface area (Å²) in [5.74, 6) is 0. The van der Waals surface area contributed by atoms with Gasteiger partial charge in [-0.25, -0.2) is 0 Å². The third-order valence-electron chi connectivity index (χ3n) is 0. The first-order valence-electron chi connectivity index (χ1n) is 1.00. The molecule has 0 aromatic rings. The Morgan fingerprint density at radius 2 is 0.500 bits per heavy atom. The van der Waals surface area contributed by atoms with Crippen molar-refractivity contribution < 1.29 is 23.5 Å². The maximum Gasteiger partial charge on any atom is -0.0683 e. The lowest BCUT2D eigenvalue weighted by Crippen LogP contribution is -0.856. The average molecular weight is 167 g/mol. The molecular formula is C2H12ClF5. The van der Waals surface area contributed by atoms with Crippen LogP contribution in [0.5, 0.6) is 0 Å². The molecule has 0 N–H and O–H groups in total. The Labute approximate surface area is 50.9 Å². The van der Waals surface area contributed by atoms with Gasteiger partial charge in [0, 0.05) is 0 Å². The molecule has 0 radical (unpaired) electrons. The largest absolute Gasteiger partial charge is 0.269 e. The molecule has 0 aliphatic rings. The second kappa shape index (κ2) is 68000. The van der Waals surface area contributed by atoms with Crippen molar-refractivity contribution >= 4 is 12.4 Å². The molecule has 6 heteroatoms. The predicted molar refractivity (Wildman–Crippen MR) is 31.1 cm³/mol. The highest BCUT2D eigenvalue weighted by atomic mass is 35.5. The molecule has 0 aliphatic carbocycles. The topological polar surface area (TPSA) is 0 Å². The van der Waals surface area contributed by atoms with E-state index >= 15 is 0 Å². The van der Waals surface area contributed by atoms with E-state index < -0.39 is 0 Å². The molecule has 0 nitrogen and oxygen atoms in total. The fourth-order valence-electron chi connectivity index (χ4n) is 0. The van der Waals surface area contributed by atoms with Gasteiger partial charge in [0.1, 0.15) is 0 Å². The van der Waals surface area contributed by atoms with Crippen LogP contribution in [0.4, 0.5) is 23.5 Å². The second-order valence-electron chi connectivity index (χ2n) is 0. The molecule has 0 bridgehead atoms. The van der Waals surface area contributed by atoms with Gasteiger partial charge in [-0.2, -0.15) is 0 Å². The highest BCUT2D eigenvalue weighted by Gasteiger charge is 0.932. The summed E-state index contributed by atoms with van der Waals surface area (Å²) in [5.41, 5.74) is 0. The maximum absolute atomic E-state index is 2.00. The van der Waals surface area contributed by atoms with Crippen LogP contribution in [0.1, 0.15) is 13.8 Å². The average Bonchev–Trinajstić information content (AvgIpc) is 1.00. The summed E-state index contributed by atoms with van der Waals surface area (Å²) in [6.07, 6.45) is 0. The Morgan fingerprint density at radius 1 is 0.500 bits per heavy atom. The van der Waals surface area contributed by atoms with Crippen molar-refractivity contribution in [2.24, 2.45) is 0 Å². The van der Waals surface area contributed by atoms with E-state index in [1.165, 1.54) is 0 Å². The van der Waals surface area contributed by atoms with Gasteiger partial charge in [-0.3, -0.25) is 23.5 Å². The Hall–Kier alpha value is -0.0600. The van der Waals surface area contributed by atoms with Gasteiger partial charge in [-0.1, -0.05) is 13.8 Å². The number of hydrogen-bond acceptors (Lipinski definition) is 0. The zero-order valence-electron chi connectivity index (χ0n) is 4.45. The lowest BCUT2D eigenvalue weighted by Gasteiger charge is -1.07. The molecule has 0 rings (SSSR count). The molecule has 0 atom stereocenters. The smallest absolute Gasteiger partial charge is 0.0683 e. The zero-order chi connectivity index (χ0) is 2.00. The van der Waals surface area contributed by atoms with Crippen molar-refractivity contribution in [2.75, 3.05) is 0 Å². The third kappa shape index (κ3) is 40300. The number of rotatable bonds is 0. The van der Waals surface area contributed by atoms with Gasteiger partial charge in [-0.15, -0.1) is 12.4 Å². The summed E-state index contributed by atoms with van der Waals surface area (Å²) in [5, 5.41) is 0. The van der Waals surface area contributed by atoms with Gasteiger partial charge in [0.2, 0.25) is 0 Å². The normalized spacial score (nSPS) is 0.750. The molecule has 0 aliphatic heterocycles. The molecule has 0 aromatic heterocycles. The summed E-state index contributed by atoms with van der Waals surface area (Å²) in [6, 6.07) is 0. The number of hydrogen-bond donors (Lipinski definition) is 0. The van der Waals surface area contributed by atoms with Crippen LogP contribution in [-0.2, 0) is 0 Å². The van der Waals surface area contributed by atoms with Crippen molar-refractivity contribution in [1.29, 1.82) is 0 Å². The Bertz CT molecular complexity index is 10.4. The molecular weight excluding hydrogens is 154 g/mol. The Morgan fingerprint density at radius 3 is 0.500 bits per heavy atom. The Kier molecular flexibility index (Phi) is 3680000. The Balaban J connectivity index is -0.000000000333. The van der Waals surface area contributed by atoms with Crippen molar-refractivity contribution in [1.82, 2.24) is 0 Å². The van der Waals surface area contributed by atoms with Gasteiger partial charge in [-0.05, 0) is 0 Å². The van der Waals surface area contributed by atoms with E-state index in [9.17, 15) is 0 Å². The van der Waals surface area contributed by atoms with E-state index in [0.29, 0.717) is 0 Å². The molecule has 0 saturated carbocycles. The van der Waals surface area contributed by atoms with Gasteiger partial charge in [0.25, 0.3) is 0 Å². The first kappa shape index (κ1) is 433. The summed E-state index contributed by atoms with van der Waals surface area (Å²) < 4.78 is 0. The van der Waals surface area contributed by atoms with Crippen LogP contribution in [0.2, 0.25) is 0 Å². The first-order chi connectivity index (χ1) is 1.00. The standard InChI is InChI=1S/C2H6.ClH.5FH/c1-2;;;;;;/h1-2H3;6*1H. The molecule has 0 saturated heterocycles. The minimum absolute atomic E-state index is 0. The molecule has 0 fully saturated rings. The maximum atomic E-state index is 2.00. The van der Waals surface area contributed by atoms with Crippen molar-refractivity contribution in [3.63, 3.8) is 0 Å². The van der Waals surface area contributed by atoms with Crippen LogP contribution in [-0.4, -0.2) is 0 Å². The second-order valence-corrected chi connectivity index (χ2v) is 0. The van der Waals surface area contributed by atoms with Gasteiger partial charge < -0.3 is 0 Å². The summed E-state index contributed by atoms with van der Waals surface area (Å²) in [4.78, 5) is 0. The van der Waals surface area contributed by atoms with Crippen LogP contribution in [0, 0.1) is 0 Å². The van der Waals surface area contributed by atoms with Crippen molar-refractivity contribution in [3.05, 3.63) is 0 Å². The van der Waals surface area contributed by atoms with E-state index in [1.54, 1.807) is 0 Å². The molecule has 0 spiro atoms. The zero-order valence-corrected chi connectivity index (χ0v) is 5.27. The summed E-state index contributed by atoms with van der Waals surface area (Å²) >= 11 is 0. The van der Waals surface area contributed by atoms with Crippen molar-refractivity contribution in [2.45, 2.75) is 13.8 Å².